The van der Waals surface area contributed by atoms with E-state index in [2.05, 4.69) is 10.3 Å². The molecule has 2 aromatic carbocycles. The number of aliphatic hydroxyl groups excluding tert-OH is 2. The Bertz CT molecular complexity index is 813. The molecule has 0 unspecified atom stereocenters. The van der Waals surface area contributed by atoms with Crippen molar-refractivity contribution in [2.24, 2.45) is 0 Å². The maximum Gasteiger partial charge on any atom is 0.0942 e. The number of benzene rings is 2. The van der Waals surface area contributed by atoms with Gasteiger partial charge in [0.1, 0.15) is 0 Å². The molecule has 0 aliphatic rings. The van der Waals surface area contributed by atoms with Crippen LogP contribution < -0.4 is 5.32 Å². The van der Waals surface area contributed by atoms with E-state index in [1.54, 1.807) is 6.07 Å². The van der Waals surface area contributed by atoms with Crippen LogP contribution in [0.2, 0.25) is 5.02 Å². The van der Waals surface area contributed by atoms with E-state index in [4.69, 9.17) is 16.7 Å². The summed E-state index contributed by atoms with van der Waals surface area (Å²) in [6, 6.07) is 17.3. The summed E-state index contributed by atoms with van der Waals surface area (Å²) in [7, 11) is 0. The van der Waals surface area contributed by atoms with Gasteiger partial charge in [-0.1, -0.05) is 41.9 Å². The Kier molecular flexibility index (Phi) is 6.40. The fraction of sp³-hybridized carbons (Fsp3) is 0.167. The first kappa shape index (κ1) is 18.5. The maximum atomic E-state index is 9.57. The van der Waals surface area contributed by atoms with E-state index in [1.165, 1.54) is 0 Å². The summed E-state index contributed by atoms with van der Waals surface area (Å²) in [4.78, 5) is 4.68. The van der Waals surface area contributed by atoms with Gasteiger partial charge in [0.15, 0.2) is 0 Å². The average Bonchev–Trinajstić information content (AvgIpc) is 2.59. The first-order valence-electron chi connectivity index (χ1n) is 7.36. The highest BCUT2D eigenvalue weighted by atomic mass is 35.5. The molecule has 0 saturated carbocycles. The van der Waals surface area contributed by atoms with Crippen molar-refractivity contribution in [3.63, 3.8) is 0 Å². The number of halogens is 2. The van der Waals surface area contributed by atoms with Crippen molar-refractivity contribution in [2.45, 2.75) is 6.10 Å². The van der Waals surface area contributed by atoms with Crippen LogP contribution in [0.3, 0.4) is 0 Å². The predicted molar refractivity (Wildman–Crippen MR) is 101 cm³/mol. The summed E-state index contributed by atoms with van der Waals surface area (Å²) in [6.07, 6.45) is -0.814. The van der Waals surface area contributed by atoms with Crippen LogP contribution in [-0.2, 0) is 0 Å². The smallest absolute Gasteiger partial charge is 0.0942 e. The van der Waals surface area contributed by atoms with Crippen molar-refractivity contribution in [3.8, 4) is 11.3 Å². The zero-order valence-corrected chi connectivity index (χ0v) is 14.4. The van der Waals surface area contributed by atoms with Crippen LogP contribution in [0.1, 0.15) is 0 Å². The van der Waals surface area contributed by atoms with E-state index < -0.39 is 6.10 Å². The molecule has 0 radical (unpaired) electrons. The first-order chi connectivity index (χ1) is 11.2. The van der Waals surface area contributed by atoms with Crippen LogP contribution in [0.4, 0.5) is 5.69 Å². The molecule has 3 N–H and O–H groups in total. The molecular formula is C18H18Cl2N2O2. The van der Waals surface area contributed by atoms with Crippen LogP contribution in [0.5, 0.6) is 0 Å². The summed E-state index contributed by atoms with van der Waals surface area (Å²) < 4.78 is 0. The average molecular weight is 365 g/mol. The van der Waals surface area contributed by atoms with Crippen molar-refractivity contribution in [3.05, 3.63) is 59.6 Å². The predicted octanol–water partition coefficient (Wildman–Crippen LogP) is 3.74. The number of anilines is 1. The lowest BCUT2D eigenvalue weighted by molar-refractivity contribution is 0.105. The Balaban J connectivity index is 0.00000208. The molecule has 6 heteroatoms. The van der Waals surface area contributed by atoms with Gasteiger partial charge in [-0.3, -0.25) is 0 Å². The molecule has 0 amide bonds. The van der Waals surface area contributed by atoms with Gasteiger partial charge in [-0.2, -0.15) is 0 Å². The number of hydrogen-bond donors (Lipinski definition) is 3. The highest BCUT2D eigenvalue weighted by molar-refractivity contribution is 6.31. The molecule has 0 fully saturated rings. The van der Waals surface area contributed by atoms with E-state index in [9.17, 15) is 5.11 Å². The lowest BCUT2D eigenvalue weighted by Crippen LogP contribution is -2.23. The molecule has 0 bridgehead atoms. The monoisotopic (exact) mass is 364 g/mol. The van der Waals surface area contributed by atoms with Crippen LogP contribution >= 0.6 is 24.0 Å². The molecule has 0 aliphatic carbocycles. The SMILES string of the molecule is Cl.OC[C@@H](O)CNc1cc(-c2ccccc2)nc2cc(Cl)ccc12. The quantitative estimate of drug-likeness (QED) is 0.645. The molecule has 0 spiro atoms. The molecule has 0 aliphatic heterocycles. The van der Waals surface area contributed by atoms with E-state index in [0.717, 1.165) is 27.8 Å². The molecule has 1 atom stereocenters. The van der Waals surface area contributed by atoms with Gasteiger partial charge in [0, 0.05) is 28.2 Å². The third-order valence-corrected chi connectivity index (χ3v) is 3.82. The van der Waals surface area contributed by atoms with Gasteiger partial charge in [-0.05, 0) is 24.3 Å². The van der Waals surface area contributed by atoms with Crippen LogP contribution in [0, 0.1) is 0 Å². The second kappa shape index (κ2) is 8.31. The largest absolute Gasteiger partial charge is 0.394 e. The molecule has 3 rings (SSSR count). The van der Waals surface area contributed by atoms with E-state index in [1.807, 2.05) is 48.5 Å². The molecule has 0 saturated heterocycles. The topological polar surface area (TPSA) is 65.4 Å². The number of rotatable bonds is 5. The normalized spacial score (nSPS) is 11.8. The molecule has 1 aromatic heterocycles. The summed E-state index contributed by atoms with van der Waals surface area (Å²) in [5, 5.41) is 23.3. The first-order valence-corrected chi connectivity index (χ1v) is 7.73. The van der Waals surface area contributed by atoms with Gasteiger partial charge in [0.25, 0.3) is 0 Å². The number of hydrogen-bond acceptors (Lipinski definition) is 4. The van der Waals surface area contributed by atoms with Gasteiger partial charge >= 0.3 is 0 Å². The number of fused-ring (bicyclic) bond motifs is 1. The Labute approximate surface area is 151 Å². The lowest BCUT2D eigenvalue weighted by atomic mass is 10.1. The van der Waals surface area contributed by atoms with Crippen molar-refractivity contribution >= 4 is 40.6 Å². The fourth-order valence-electron chi connectivity index (χ4n) is 2.40. The van der Waals surface area contributed by atoms with Gasteiger partial charge in [0.05, 0.1) is 23.9 Å². The second-order valence-electron chi connectivity index (χ2n) is 5.30. The van der Waals surface area contributed by atoms with Crippen molar-refractivity contribution < 1.29 is 10.2 Å². The van der Waals surface area contributed by atoms with Crippen molar-refractivity contribution in [1.82, 2.24) is 4.98 Å². The number of aliphatic hydroxyl groups is 2. The molecule has 3 aromatic rings. The molecule has 126 valence electrons. The zero-order chi connectivity index (χ0) is 16.2. The van der Waals surface area contributed by atoms with E-state index >= 15 is 0 Å². The Hall–Kier alpha value is -1.85. The second-order valence-corrected chi connectivity index (χ2v) is 5.74. The van der Waals surface area contributed by atoms with Crippen LogP contribution in [0.25, 0.3) is 22.2 Å². The minimum Gasteiger partial charge on any atom is -0.394 e. The van der Waals surface area contributed by atoms with E-state index in [0.29, 0.717) is 5.02 Å². The summed E-state index contributed by atoms with van der Waals surface area (Å²) >= 11 is 6.09. The third kappa shape index (κ3) is 4.16. The number of nitrogens with zero attached hydrogens (tertiary/aromatic N) is 1. The Morgan fingerprint density at radius 3 is 2.54 bits per heavy atom. The number of pyridine rings is 1. The fourth-order valence-corrected chi connectivity index (χ4v) is 2.56. The van der Waals surface area contributed by atoms with Gasteiger partial charge in [0.2, 0.25) is 0 Å². The van der Waals surface area contributed by atoms with Crippen LogP contribution in [-0.4, -0.2) is 34.5 Å². The molecule has 24 heavy (non-hydrogen) atoms. The Morgan fingerprint density at radius 1 is 1.08 bits per heavy atom. The van der Waals surface area contributed by atoms with E-state index in [-0.39, 0.29) is 25.6 Å². The standard InChI is InChI=1S/C18H17ClN2O2.ClH/c19-13-6-7-15-17(20-10-14(23)11-22)9-16(21-18(15)8-13)12-4-2-1-3-5-12;/h1-9,14,22-23H,10-11H2,(H,20,21);1H/t14-;/m0./s1. The number of nitrogens with one attached hydrogen (secondary N) is 1. The molecule has 4 nitrogen and oxygen atoms in total. The summed E-state index contributed by atoms with van der Waals surface area (Å²) in [5.74, 6) is 0. The summed E-state index contributed by atoms with van der Waals surface area (Å²) in [5.41, 5.74) is 3.44. The molecule has 1 heterocycles. The third-order valence-electron chi connectivity index (χ3n) is 3.58. The molecular weight excluding hydrogens is 347 g/mol. The maximum absolute atomic E-state index is 9.57. The number of aromatic nitrogens is 1. The van der Waals surface area contributed by atoms with Crippen molar-refractivity contribution in [1.29, 1.82) is 0 Å². The summed E-state index contributed by atoms with van der Waals surface area (Å²) in [6.45, 7) is -0.0279. The minimum absolute atomic E-state index is 0. The van der Waals surface area contributed by atoms with Gasteiger partial charge in [-0.25, -0.2) is 4.98 Å². The van der Waals surface area contributed by atoms with Gasteiger partial charge in [-0.15, -0.1) is 12.4 Å². The van der Waals surface area contributed by atoms with Crippen LogP contribution in [0.15, 0.2) is 54.6 Å². The lowest BCUT2D eigenvalue weighted by Gasteiger charge is -2.14. The van der Waals surface area contributed by atoms with Crippen molar-refractivity contribution in [2.75, 3.05) is 18.5 Å². The van der Waals surface area contributed by atoms with Gasteiger partial charge < -0.3 is 15.5 Å². The highest BCUT2D eigenvalue weighted by Gasteiger charge is 2.09. The Morgan fingerprint density at radius 2 is 1.83 bits per heavy atom. The zero-order valence-electron chi connectivity index (χ0n) is 12.8. The highest BCUT2D eigenvalue weighted by Crippen LogP contribution is 2.29. The minimum atomic E-state index is -0.814.